The number of aromatic nitrogens is 2. The Morgan fingerprint density at radius 3 is 2.33 bits per heavy atom. The summed E-state index contributed by atoms with van der Waals surface area (Å²) in [4.78, 5) is 14.8. The Kier molecular flexibility index (Phi) is 3.87. The van der Waals surface area contributed by atoms with Crippen molar-refractivity contribution < 1.29 is 4.79 Å². The van der Waals surface area contributed by atoms with Gasteiger partial charge >= 0.3 is 0 Å². The van der Waals surface area contributed by atoms with Crippen LogP contribution in [0, 0.1) is 13.8 Å². The smallest absolute Gasteiger partial charge is 0.247 e. The molecule has 0 bridgehead atoms. The van der Waals surface area contributed by atoms with Gasteiger partial charge in [0.1, 0.15) is 0 Å². The Morgan fingerprint density at radius 2 is 1.81 bits per heavy atom. The summed E-state index contributed by atoms with van der Waals surface area (Å²) in [5, 5.41) is 4.40. The topological polar surface area (TPSA) is 38.1 Å². The van der Waals surface area contributed by atoms with Gasteiger partial charge in [0.15, 0.2) is 0 Å². The third-order valence-corrected chi connectivity index (χ3v) is 4.87. The van der Waals surface area contributed by atoms with Gasteiger partial charge in [-0.1, -0.05) is 12.8 Å². The molecule has 1 heterocycles. The number of hydrogen-bond acceptors (Lipinski definition) is 2. The molecule has 2 saturated carbocycles. The van der Waals surface area contributed by atoms with Crippen molar-refractivity contribution in [2.75, 3.05) is 0 Å². The van der Waals surface area contributed by atoms with Gasteiger partial charge in [0, 0.05) is 36.5 Å². The predicted octanol–water partition coefficient (Wildman–Crippen LogP) is 2.98. The molecule has 0 saturated heterocycles. The molecule has 0 atom stereocenters. The highest BCUT2D eigenvalue weighted by molar-refractivity contribution is 5.92. The van der Waals surface area contributed by atoms with E-state index in [1.54, 1.807) is 6.08 Å². The SMILES string of the molecule is Cc1nn(C)c(C)c1/C=C\C(=O)N(C1CCCC1)C1CC1. The minimum absolute atomic E-state index is 0.187. The first kappa shape index (κ1) is 14.4. The number of hydrogen-bond donors (Lipinski definition) is 0. The quantitative estimate of drug-likeness (QED) is 0.798. The molecule has 1 aromatic heterocycles. The summed E-state index contributed by atoms with van der Waals surface area (Å²) in [6.07, 6.45) is 11.0. The van der Waals surface area contributed by atoms with Crippen LogP contribution in [-0.2, 0) is 11.8 Å². The molecule has 0 spiro atoms. The number of aryl methyl sites for hydroxylation is 2. The van der Waals surface area contributed by atoms with Crippen LogP contribution in [0.4, 0.5) is 0 Å². The maximum atomic E-state index is 12.6. The van der Waals surface area contributed by atoms with E-state index in [0.29, 0.717) is 12.1 Å². The lowest BCUT2D eigenvalue weighted by molar-refractivity contribution is -0.128. The fraction of sp³-hybridized carbons (Fsp3) is 0.647. The van der Waals surface area contributed by atoms with E-state index >= 15 is 0 Å². The van der Waals surface area contributed by atoms with Crippen LogP contribution in [0.25, 0.3) is 6.08 Å². The molecule has 3 rings (SSSR count). The van der Waals surface area contributed by atoms with E-state index in [-0.39, 0.29) is 5.91 Å². The lowest BCUT2D eigenvalue weighted by Crippen LogP contribution is -2.39. The van der Waals surface area contributed by atoms with Gasteiger partial charge in [0.25, 0.3) is 0 Å². The van der Waals surface area contributed by atoms with Crippen molar-refractivity contribution >= 4 is 12.0 Å². The number of rotatable bonds is 4. The number of carbonyl (C=O) groups is 1. The number of amides is 1. The van der Waals surface area contributed by atoms with Crippen molar-refractivity contribution in [1.82, 2.24) is 14.7 Å². The second-order valence-corrected chi connectivity index (χ2v) is 6.46. The van der Waals surface area contributed by atoms with E-state index in [2.05, 4.69) is 10.00 Å². The molecule has 0 aliphatic heterocycles. The lowest BCUT2D eigenvalue weighted by Gasteiger charge is -2.27. The second kappa shape index (κ2) is 5.66. The summed E-state index contributed by atoms with van der Waals surface area (Å²) < 4.78 is 1.87. The van der Waals surface area contributed by atoms with Crippen LogP contribution in [0.1, 0.15) is 55.5 Å². The molecule has 0 radical (unpaired) electrons. The Hall–Kier alpha value is -1.58. The highest BCUT2D eigenvalue weighted by atomic mass is 16.2. The first-order valence-corrected chi connectivity index (χ1v) is 8.08. The fourth-order valence-electron chi connectivity index (χ4n) is 3.47. The molecule has 21 heavy (non-hydrogen) atoms. The van der Waals surface area contributed by atoms with E-state index in [0.717, 1.165) is 17.0 Å². The average molecular weight is 287 g/mol. The highest BCUT2D eigenvalue weighted by Crippen LogP contribution is 2.34. The minimum atomic E-state index is 0.187. The summed E-state index contributed by atoms with van der Waals surface area (Å²) >= 11 is 0. The van der Waals surface area contributed by atoms with Crippen LogP contribution in [0.2, 0.25) is 0 Å². The molecule has 0 aromatic carbocycles. The Bertz CT molecular complexity index is 563. The molecule has 114 valence electrons. The normalized spacial score (nSPS) is 19.6. The summed E-state index contributed by atoms with van der Waals surface area (Å²) in [5.74, 6) is 0.187. The number of nitrogens with zero attached hydrogens (tertiary/aromatic N) is 3. The molecule has 4 nitrogen and oxygen atoms in total. The van der Waals surface area contributed by atoms with Crippen molar-refractivity contribution in [2.45, 2.75) is 64.5 Å². The molecule has 2 aliphatic carbocycles. The van der Waals surface area contributed by atoms with E-state index in [4.69, 9.17) is 0 Å². The van der Waals surface area contributed by atoms with Gasteiger partial charge in [-0.05, 0) is 45.6 Å². The summed E-state index contributed by atoms with van der Waals surface area (Å²) in [7, 11) is 1.94. The highest BCUT2D eigenvalue weighted by Gasteiger charge is 2.37. The van der Waals surface area contributed by atoms with Crippen molar-refractivity contribution in [1.29, 1.82) is 0 Å². The first-order valence-electron chi connectivity index (χ1n) is 8.08. The van der Waals surface area contributed by atoms with Gasteiger partial charge in [-0.15, -0.1) is 0 Å². The molecule has 0 unspecified atom stereocenters. The first-order chi connectivity index (χ1) is 10.1. The minimum Gasteiger partial charge on any atom is -0.333 e. The Balaban J connectivity index is 1.76. The second-order valence-electron chi connectivity index (χ2n) is 6.46. The third kappa shape index (κ3) is 2.89. The molecule has 2 fully saturated rings. The van der Waals surface area contributed by atoms with Gasteiger partial charge in [-0.3, -0.25) is 9.48 Å². The third-order valence-electron chi connectivity index (χ3n) is 4.87. The largest absolute Gasteiger partial charge is 0.333 e. The fourth-order valence-corrected chi connectivity index (χ4v) is 3.47. The zero-order chi connectivity index (χ0) is 15.0. The zero-order valence-corrected chi connectivity index (χ0v) is 13.3. The maximum Gasteiger partial charge on any atom is 0.247 e. The van der Waals surface area contributed by atoms with Crippen LogP contribution in [0.3, 0.4) is 0 Å². The summed E-state index contributed by atoms with van der Waals surface area (Å²) in [5.41, 5.74) is 3.17. The van der Waals surface area contributed by atoms with Gasteiger partial charge in [0.2, 0.25) is 5.91 Å². The summed E-state index contributed by atoms with van der Waals surface area (Å²) in [6.45, 7) is 4.03. The lowest BCUT2D eigenvalue weighted by atomic mass is 10.1. The maximum absolute atomic E-state index is 12.6. The van der Waals surface area contributed by atoms with Crippen molar-refractivity contribution in [3.8, 4) is 0 Å². The van der Waals surface area contributed by atoms with Crippen molar-refractivity contribution in [3.05, 3.63) is 23.0 Å². The van der Waals surface area contributed by atoms with Crippen LogP contribution >= 0.6 is 0 Å². The van der Waals surface area contributed by atoms with E-state index in [1.807, 2.05) is 31.7 Å². The van der Waals surface area contributed by atoms with E-state index < -0.39 is 0 Å². The van der Waals surface area contributed by atoms with Gasteiger partial charge in [-0.25, -0.2) is 0 Å². The molecule has 1 aromatic rings. The van der Waals surface area contributed by atoms with Gasteiger partial charge in [0.05, 0.1) is 5.69 Å². The average Bonchev–Trinajstić information content (AvgIpc) is 3.06. The van der Waals surface area contributed by atoms with Gasteiger partial charge < -0.3 is 4.90 Å². The zero-order valence-electron chi connectivity index (χ0n) is 13.3. The molecule has 0 N–H and O–H groups in total. The van der Waals surface area contributed by atoms with E-state index in [9.17, 15) is 4.79 Å². The molecule has 1 amide bonds. The van der Waals surface area contributed by atoms with Crippen molar-refractivity contribution in [2.24, 2.45) is 7.05 Å². The van der Waals surface area contributed by atoms with Crippen molar-refractivity contribution in [3.63, 3.8) is 0 Å². The monoisotopic (exact) mass is 287 g/mol. The van der Waals surface area contributed by atoms with Crippen LogP contribution in [-0.4, -0.2) is 32.7 Å². The van der Waals surface area contributed by atoms with Crippen LogP contribution in [0.5, 0.6) is 0 Å². The predicted molar refractivity (Wildman–Crippen MR) is 83.8 cm³/mol. The Labute approximate surface area is 126 Å². The standard InChI is InChI=1S/C17H25N3O/c1-12-16(13(2)19(3)18-12)10-11-17(21)20(15-8-9-15)14-6-4-5-7-14/h10-11,14-15H,4-9H2,1-3H3/b11-10-. The Morgan fingerprint density at radius 1 is 1.19 bits per heavy atom. The summed E-state index contributed by atoms with van der Waals surface area (Å²) in [6, 6.07) is 0.979. The molecule has 4 heteroatoms. The number of carbonyl (C=O) groups excluding carboxylic acids is 1. The van der Waals surface area contributed by atoms with Crippen LogP contribution < -0.4 is 0 Å². The molecular weight excluding hydrogens is 262 g/mol. The molecule has 2 aliphatic rings. The van der Waals surface area contributed by atoms with E-state index in [1.165, 1.54) is 38.5 Å². The molecular formula is C17H25N3O. The van der Waals surface area contributed by atoms with Crippen LogP contribution in [0.15, 0.2) is 6.08 Å². The van der Waals surface area contributed by atoms with Gasteiger partial charge in [-0.2, -0.15) is 5.10 Å².